The van der Waals surface area contributed by atoms with E-state index in [1.165, 1.54) is 16.9 Å². The Kier molecular flexibility index (Phi) is 2.66. The van der Waals surface area contributed by atoms with Crippen LogP contribution in [-0.4, -0.2) is 4.98 Å². The van der Waals surface area contributed by atoms with Crippen LogP contribution in [0.5, 0.6) is 0 Å². The van der Waals surface area contributed by atoms with Gasteiger partial charge in [-0.25, -0.2) is 4.98 Å². The van der Waals surface area contributed by atoms with Crippen LogP contribution in [0.4, 0.5) is 5.13 Å². The Morgan fingerprint density at radius 2 is 1.82 bits per heavy atom. The molecule has 2 aromatic heterocycles. The Balaban J connectivity index is 2.18. The smallest absolute Gasteiger partial charge is 0.181 e. The minimum absolute atomic E-state index is 0.616. The maximum atomic E-state index is 5.83. The minimum atomic E-state index is 0.616. The Morgan fingerprint density at radius 1 is 1.00 bits per heavy atom. The van der Waals surface area contributed by atoms with E-state index >= 15 is 0 Å². The molecule has 0 aliphatic rings. The summed E-state index contributed by atoms with van der Waals surface area (Å²) in [6.45, 7) is 0. The van der Waals surface area contributed by atoms with Gasteiger partial charge in [0.25, 0.3) is 0 Å². The zero-order chi connectivity index (χ0) is 11.7. The number of thiazole rings is 1. The molecule has 2 N–H and O–H groups in total. The lowest BCUT2D eigenvalue weighted by Crippen LogP contribution is -1.82. The highest BCUT2D eigenvalue weighted by Gasteiger charge is 2.13. The van der Waals surface area contributed by atoms with Gasteiger partial charge in [0.05, 0.1) is 10.6 Å². The second kappa shape index (κ2) is 4.31. The van der Waals surface area contributed by atoms with Gasteiger partial charge in [-0.1, -0.05) is 41.7 Å². The van der Waals surface area contributed by atoms with Gasteiger partial charge in [0, 0.05) is 10.9 Å². The average Bonchev–Trinajstić information content (AvgIpc) is 2.98. The van der Waals surface area contributed by atoms with E-state index in [0.29, 0.717) is 5.13 Å². The molecule has 2 nitrogen and oxygen atoms in total. The standard InChI is InChI=1S/C13H10N2S2/c14-13-15-11(10-6-7-16-8-10)12(17-13)9-4-2-1-3-5-9/h1-8H,(H2,14,15). The Hall–Kier alpha value is -1.65. The average molecular weight is 258 g/mol. The first-order valence-corrected chi connectivity index (χ1v) is 6.95. The third kappa shape index (κ3) is 1.97. The van der Waals surface area contributed by atoms with E-state index in [1.807, 2.05) is 18.2 Å². The van der Waals surface area contributed by atoms with Gasteiger partial charge in [0.2, 0.25) is 0 Å². The van der Waals surface area contributed by atoms with Gasteiger partial charge in [-0.05, 0) is 17.0 Å². The molecule has 1 aromatic carbocycles. The van der Waals surface area contributed by atoms with Crippen molar-refractivity contribution in [1.29, 1.82) is 0 Å². The van der Waals surface area contributed by atoms with Gasteiger partial charge in [0.1, 0.15) is 0 Å². The van der Waals surface area contributed by atoms with Gasteiger partial charge in [-0.2, -0.15) is 11.3 Å². The fraction of sp³-hybridized carbons (Fsp3) is 0. The molecule has 17 heavy (non-hydrogen) atoms. The molecule has 0 atom stereocenters. The van der Waals surface area contributed by atoms with Gasteiger partial charge in [-0.15, -0.1) is 0 Å². The zero-order valence-corrected chi connectivity index (χ0v) is 10.6. The molecule has 0 aliphatic heterocycles. The second-order valence-electron chi connectivity index (χ2n) is 3.61. The maximum absolute atomic E-state index is 5.83. The van der Waals surface area contributed by atoms with E-state index < -0.39 is 0 Å². The summed E-state index contributed by atoms with van der Waals surface area (Å²) in [5.41, 5.74) is 9.13. The van der Waals surface area contributed by atoms with Crippen LogP contribution in [-0.2, 0) is 0 Å². The van der Waals surface area contributed by atoms with E-state index in [9.17, 15) is 0 Å². The lowest BCUT2D eigenvalue weighted by atomic mass is 10.1. The highest BCUT2D eigenvalue weighted by atomic mass is 32.1. The van der Waals surface area contributed by atoms with Crippen LogP contribution in [0.1, 0.15) is 0 Å². The summed E-state index contributed by atoms with van der Waals surface area (Å²) < 4.78 is 0. The number of hydrogen-bond acceptors (Lipinski definition) is 4. The van der Waals surface area contributed by atoms with E-state index in [-0.39, 0.29) is 0 Å². The van der Waals surface area contributed by atoms with Gasteiger partial charge < -0.3 is 5.73 Å². The maximum Gasteiger partial charge on any atom is 0.181 e. The number of nitrogen functional groups attached to an aromatic ring is 1. The Labute approximate surface area is 107 Å². The molecule has 0 bridgehead atoms. The van der Waals surface area contributed by atoms with Crippen LogP contribution in [0.15, 0.2) is 47.2 Å². The molecule has 3 aromatic rings. The number of nitrogens with zero attached hydrogens (tertiary/aromatic N) is 1. The highest BCUT2D eigenvalue weighted by molar-refractivity contribution is 7.19. The summed E-state index contributed by atoms with van der Waals surface area (Å²) >= 11 is 3.21. The van der Waals surface area contributed by atoms with Crippen LogP contribution in [0, 0.1) is 0 Å². The summed E-state index contributed by atoms with van der Waals surface area (Å²) in [6.07, 6.45) is 0. The third-order valence-electron chi connectivity index (χ3n) is 2.47. The molecule has 0 fully saturated rings. The number of rotatable bonds is 2. The molecule has 4 heteroatoms. The number of aromatic nitrogens is 1. The lowest BCUT2D eigenvalue weighted by Gasteiger charge is -1.99. The molecule has 0 saturated carbocycles. The molecule has 0 unspecified atom stereocenters. The molecule has 3 rings (SSSR count). The number of thiophene rings is 1. The van der Waals surface area contributed by atoms with Crippen LogP contribution in [0.2, 0.25) is 0 Å². The van der Waals surface area contributed by atoms with Crippen LogP contribution in [0.3, 0.4) is 0 Å². The lowest BCUT2D eigenvalue weighted by molar-refractivity contribution is 1.42. The quantitative estimate of drug-likeness (QED) is 0.751. The van der Waals surface area contributed by atoms with Crippen molar-refractivity contribution in [2.75, 3.05) is 5.73 Å². The summed E-state index contributed by atoms with van der Waals surface area (Å²) in [4.78, 5) is 5.57. The predicted molar refractivity (Wildman–Crippen MR) is 75.3 cm³/mol. The third-order valence-corrected chi connectivity index (χ3v) is 4.09. The van der Waals surface area contributed by atoms with Crippen molar-refractivity contribution in [3.05, 3.63) is 47.2 Å². The van der Waals surface area contributed by atoms with Crippen molar-refractivity contribution < 1.29 is 0 Å². The molecule has 2 heterocycles. The first-order chi connectivity index (χ1) is 8.34. The van der Waals surface area contributed by atoms with Gasteiger partial charge in [0.15, 0.2) is 5.13 Å². The summed E-state index contributed by atoms with van der Waals surface area (Å²) in [5, 5.41) is 4.77. The number of nitrogens with two attached hydrogens (primary N) is 1. The van der Waals surface area contributed by atoms with Crippen molar-refractivity contribution in [2.24, 2.45) is 0 Å². The largest absolute Gasteiger partial charge is 0.375 e. The van der Waals surface area contributed by atoms with Crippen molar-refractivity contribution >= 4 is 27.8 Å². The molecular formula is C13H10N2S2. The zero-order valence-electron chi connectivity index (χ0n) is 8.96. The summed E-state index contributed by atoms with van der Waals surface area (Å²) in [6, 6.07) is 12.3. The first kappa shape index (κ1) is 10.5. The normalized spacial score (nSPS) is 10.6. The van der Waals surface area contributed by atoms with Crippen molar-refractivity contribution in [3.8, 4) is 21.7 Å². The monoisotopic (exact) mass is 258 g/mol. The first-order valence-electron chi connectivity index (χ1n) is 5.19. The molecule has 0 aliphatic carbocycles. The van der Waals surface area contributed by atoms with E-state index in [1.54, 1.807) is 11.3 Å². The fourth-order valence-electron chi connectivity index (χ4n) is 1.72. The summed E-state index contributed by atoms with van der Waals surface area (Å²) in [5.74, 6) is 0. The molecule has 0 radical (unpaired) electrons. The van der Waals surface area contributed by atoms with Crippen molar-refractivity contribution in [2.45, 2.75) is 0 Å². The predicted octanol–water partition coefficient (Wildman–Crippen LogP) is 4.12. The van der Waals surface area contributed by atoms with E-state index in [0.717, 1.165) is 16.1 Å². The topological polar surface area (TPSA) is 38.9 Å². The second-order valence-corrected chi connectivity index (χ2v) is 5.42. The minimum Gasteiger partial charge on any atom is -0.375 e. The van der Waals surface area contributed by atoms with Gasteiger partial charge in [-0.3, -0.25) is 0 Å². The molecule has 84 valence electrons. The molecule has 0 spiro atoms. The Morgan fingerprint density at radius 3 is 2.53 bits per heavy atom. The SMILES string of the molecule is Nc1nc(-c2ccsc2)c(-c2ccccc2)s1. The van der Waals surface area contributed by atoms with Crippen LogP contribution < -0.4 is 5.73 Å². The highest BCUT2D eigenvalue weighted by Crippen LogP contribution is 2.38. The molecule has 0 saturated heterocycles. The number of hydrogen-bond donors (Lipinski definition) is 1. The fourth-order valence-corrected chi connectivity index (χ4v) is 3.22. The van der Waals surface area contributed by atoms with E-state index in [2.05, 4.69) is 33.9 Å². The Bertz CT molecular complexity index is 612. The summed E-state index contributed by atoms with van der Waals surface area (Å²) in [7, 11) is 0. The number of benzene rings is 1. The molecule has 0 amide bonds. The van der Waals surface area contributed by atoms with Crippen LogP contribution >= 0.6 is 22.7 Å². The van der Waals surface area contributed by atoms with Crippen molar-refractivity contribution in [1.82, 2.24) is 4.98 Å². The van der Waals surface area contributed by atoms with Crippen LogP contribution in [0.25, 0.3) is 21.7 Å². The van der Waals surface area contributed by atoms with E-state index in [4.69, 9.17) is 5.73 Å². The molecular weight excluding hydrogens is 248 g/mol. The van der Waals surface area contributed by atoms with Gasteiger partial charge >= 0.3 is 0 Å². The van der Waals surface area contributed by atoms with Crippen molar-refractivity contribution in [3.63, 3.8) is 0 Å². The number of anilines is 1.